The number of hydrogen-bond acceptors (Lipinski definition) is 8. The maximum Gasteiger partial charge on any atom is 0.338 e. The topological polar surface area (TPSA) is 117 Å². The van der Waals surface area contributed by atoms with Gasteiger partial charge in [-0.15, -0.1) is 11.3 Å². The first-order valence-corrected chi connectivity index (χ1v) is 15.0. The zero-order valence-corrected chi connectivity index (χ0v) is 25.0. The number of carbonyl (C=O) groups is 1. The van der Waals surface area contributed by atoms with Crippen LogP contribution in [0.1, 0.15) is 24.0 Å². The fourth-order valence-electron chi connectivity index (χ4n) is 5.12. The molecule has 4 aromatic carbocycles. The Labute approximate surface area is 262 Å². The number of nitriles is 1. The van der Waals surface area contributed by atoms with Crippen molar-refractivity contribution in [2.75, 3.05) is 6.61 Å². The molecule has 1 aliphatic rings. The third-order valence-electron chi connectivity index (χ3n) is 7.11. The van der Waals surface area contributed by atoms with Gasteiger partial charge in [0.2, 0.25) is 0 Å². The molecule has 0 fully saturated rings. The minimum Gasteiger partial charge on any atom is -0.463 e. The first-order chi connectivity index (χ1) is 22.0. The number of para-hydroxylation sites is 3. The van der Waals surface area contributed by atoms with Gasteiger partial charge >= 0.3 is 5.97 Å². The van der Waals surface area contributed by atoms with Crippen LogP contribution in [-0.4, -0.2) is 17.1 Å². The molecule has 6 rings (SSSR count). The van der Waals surface area contributed by atoms with Crippen molar-refractivity contribution >= 4 is 34.8 Å². The Morgan fingerprint density at radius 3 is 2.24 bits per heavy atom. The molecule has 0 saturated heterocycles. The normalized spacial score (nSPS) is 14.4. The Balaban J connectivity index is 1.54. The summed E-state index contributed by atoms with van der Waals surface area (Å²) in [5, 5.41) is 10.3. The minimum atomic E-state index is -0.895. The Bertz CT molecular complexity index is 2140. The molecule has 2 N–H and O–H groups in total. The standard InChI is InChI=1S/C36H27N3O5S/c1-2-42-36(41)32-31(24-13-11-18-27(20-24)43-25-14-5-3-6-15-25)28(22-37)33(38)39-34(40)30(45-35(32)39)21-23-12-9-10-19-29(23)44-26-16-7-4-8-17-26/h3-21,31H,2,38H2,1H3/b30-21-/t31-/m0/s1. The summed E-state index contributed by atoms with van der Waals surface area (Å²) in [7, 11) is 0. The summed E-state index contributed by atoms with van der Waals surface area (Å²) >= 11 is 1.10. The van der Waals surface area contributed by atoms with Crippen molar-refractivity contribution in [1.29, 1.82) is 5.26 Å². The molecule has 1 aliphatic heterocycles. The van der Waals surface area contributed by atoms with E-state index >= 15 is 0 Å². The van der Waals surface area contributed by atoms with Crippen LogP contribution in [0.25, 0.3) is 17.5 Å². The van der Waals surface area contributed by atoms with Gasteiger partial charge in [-0.3, -0.25) is 9.36 Å². The van der Waals surface area contributed by atoms with E-state index in [-0.39, 0.29) is 23.6 Å². The smallest absolute Gasteiger partial charge is 0.338 e. The number of thiazole rings is 1. The number of benzene rings is 4. The van der Waals surface area contributed by atoms with E-state index in [1.165, 1.54) is 4.57 Å². The second kappa shape index (κ2) is 12.8. The van der Waals surface area contributed by atoms with Crippen LogP contribution in [0.3, 0.4) is 0 Å². The highest BCUT2D eigenvalue weighted by Crippen LogP contribution is 2.38. The summed E-state index contributed by atoms with van der Waals surface area (Å²) < 4.78 is 19.4. The van der Waals surface area contributed by atoms with E-state index in [1.807, 2.05) is 84.9 Å². The van der Waals surface area contributed by atoms with Crippen LogP contribution in [0.15, 0.2) is 120 Å². The predicted molar refractivity (Wildman–Crippen MR) is 173 cm³/mol. The number of carbonyl (C=O) groups excluding carboxylic acids is 1. The number of allylic oxidation sites excluding steroid dienone is 1. The van der Waals surface area contributed by atoms with Crippen molar-refractivity contribution in [3.63, 3.8) is 0 Å². The van der Waals surface area contributed by atoms with Crippen LogP contribution in [-0.2, 0) is 9.53 Å². The van der Waals surface area contributed by atoms with E-state index in [9.17, 15) is 14.9 Å². The van der Waals surface area contributed by atoms with E-state index in [0.717, 1.165) is 11.3 Å². The van der Waals surface area contributed by atoms with E-state index in [2.05, 4.69) is 6.07 Å². The molecule has 8 nitrogen and oxygen atoms in total. The van der Waals surface area contributed by atoms with Gasteiger partial charge in [0.25, 0.3) is 5.56 Å². The number of nitrogens with zero attached hydrogens (tertiary/aromatic N) is 2. The second-order valence-corrected chi connectivity index (χ2v) is 11.0. The molecule has 2 heterocycles. The summed E-state index contributed by atoms with van der Waals surface area (Å²) in [4.78, 5) is 27.5. The van der Waals surface area contributed by atoms with Crippen molar-refractivity contribution in [1.82, 2.24) is 4.57 Å². The molecule has 0 aliphatic carbocycles. The van der Waals surface area contributed by atoms with Crippen LogP contribution in [0.5, 0.6) is 23.0 Å². The number of rotatable bonds is 8. The van der Waals surface area contributed by atoms with Crippen LogP contribution in [0, 0.1) is 11.3 Å². The molecule has 0 saturated carbocycles. The quantitative estimate of drug-likeness (QED) is 0.230. The highest BCUT2D eigenvalue weighted by molar-refractivity contribution is 7.07. The van der Waals surface area contributed by atoms with E-state index in [4.69, 9.17) is 19.9 Å². The molecular weight excluding hydrogens is 586 g/mol. The van der Waals surface area contributed by atoms with Crippen LogP contribution >= 0.6 is 11.3 Å². The Morgan fingerprint density at radius 1 is 0.911 bits per heavy atom. The van der Waals surface area contributed by atoms with Crippen molar-refractivity contribution < 1.29 is 19.0 Å². The summed E-state index contributed by atoms with van der Waals surface area (Å²) in [5.41, 5.74) is 7.54. The predicted octanol–water partition coefficient (Wildman–Crippen LogP) is 5.49. The van der Waals surface area contributed by atoms with Crippen molar-refractivity contribution in [3.05, 3.63) is 145 Å². The van der Waals surface area contributed by atoms with Gasteiger partial charge in [0.15, 0.2) is 0 Å². The monoisotopic (exact) mass is 613 g/mol. The molecule has 45 heavy (non-hydrogen) atoms. The Kier molecular flexibility index (Phi) is 8.31. The largest absolute Gasteiger partial charge is 0.463 e. The van der Waals surface area contributed by atoms with Gasteiger partial charge in [0.1, 0.15) is 33.5 Å². The van der Waals surface area contributed by atoms with E-state index in [0.29, 0.717) is 43.3 Å². The number of hydrogen-bond donors (Lipinski definition) is 1. The van der Waals surface area contributed by atoms with E-state index < -0.39 is 17.4 Å². The number of nitrogens with two attached hydrogens (primary N) is 1. The zero-order valence-electron chi connectivity index (χ0n) is 24.2. The second-order valence-electron chi connectivity index (χ2n) is 9.97. The zero-order chi connectivity index (χ0) is 31.3. The third kappa shape index (κ3) is 5.87. The highest BCUT2D eigenvalue weighted by Gasteiger charge is 2.36. The van der Waals surface area contributed by atoms with Crippen LogP contribution in [0.2, 0.25) is 0 Å². The Morgan fingerprint density at radius 2 is 1.56 bits per heavy atom. The third-order valence-corrected chi connectivity index (χ3v) is 8.22. The van der Waals surface area contributed by atoms with Gasteiger partial charge in [0, 0.05) is 5.56 Å². The highest BCUT2D eigenvalue weighted by atomic mass is 32.1. The summed E-state index contributed by atoms with van der Waals surface area (Å²) in [6, 6.07) is 35.2. The Hall–Kier alpha value is -5.85. The molecule has 1 aromatic heterocycles. The van der Waals surface area contributed by atoms with Gasteiger partial charge in [-0.2, -0.15) is 5.26 Å². The molecule has 222 valence electrons. The summed E-state index contributed by atoms with van der Waals surface area (Å²) in [5.74, 6) is 0.742. The minimum absolute atomic E-state index is 0.0466. The SMILES string of the molecule is CCOC(=O)C1=c2s/c(=C\c3ccccc3Oc3ccccc3)c(=O)n2C(N)=C(C#N)[C@@H]1c1cccc(Oc2ccccc2)c1. The van der Waals surface area contributed by atoms with Crippen molar-refractivity contribution in [2.45, 2.75) is 12.8 Å². The fraction of sp³-hybridized carbons (Fsp3) is 0.0833. The molecule has 0 unspecified atom stereocenters. The number of aromatic nitrogens is 1. The molecule has 0 bridgehead atoms. The first kappa shape index (κ1) is 29.2. The average Bonchev–Trinajstić information content (AvgIpc) is 3.38. The van der Waals surface area contributed by atoms with Crippen molar-refractivity contribution in [2.24, 2.45) is 5.73 Å². The van der Waals surface area contributed by atoms with Crippen molar-refractivity contribution in [3.8, 4) is 29.1 Å². The molecular formula is C36H27N3O5S. The molecule has 0 radical (unpaired) electrons. The maximum absolute atomic E-state index is 13.9. The molecule has 9 heteroatoms. The molecule has 0 amide bonds. The average molecular weight is 614 g/mol. The number of fused-ring (bicyclic) bond motifs is 1. The van der Waals surface area contributed by atoms with Gasteiger partial charge < -0.3 is 19.9 Å². The first-order valence-electron chi connectivity index (χ1n) is 14.2. The number of ether oxygens (including phenoxy) is 3. The van der Waals surface area contributed by atoms with Gasteiger partial charge in [-0.05, 0) is 61.0 Å². The van der Waals surface area contributed by atoms with Gasteiger partial charge in [-0.25, -0.2) is 4.79 Å². The lowest BCUT2D eigenvalue weighted by molar-refractivity contribution is -0.136. The van der Waals surface area contributed by atoms with Crippen LogP contribution in [0.4, 0.5) is 0 Å². The van der Waals surface area contributed by atoms with Crippen LogP contribution < -0.4 is 30.0 Å². The van der Waals surface area contributed by atoms with Gasteiger partial charge in [-0.1, -0.05) is 66.7 Å². The molecule has 1 atom stereocenters. The lowest BCUT2D eigenvalue weighted by Crippen LogP contribution is -2.40. The molecule has 5 aromatic rings. The lowest BCUT2D eigenvalue weighted by atomic mass is 9.84. The maximum atomic E-state index is 13.9. The number of esters is 1. The van der Waals surface area contributed by atoms with E-state index in [1.54, 1.807) is 37.3 Å². The summed E-state index contributed by atoms with van der Waals surface area (Å²) in [6.45, 7) is 1.80. The fourth-order valence-corrected chi connectivity index (χ4v) is 6.27. The van der Waals surface area contributed by atoms with Gasteiger partial charge in [0.05, 0.1) is 34.3 Å². The summed E-state index contributed by atoms with van der Waals surface area (Å²) in [6.07, 6.45) is 1.70. The lowest BCUT2D eigenvalue weighted by Gasteiger charge is -2.25. The molecule has 0 spiro atoms.